The summed E-state index contributed by atoms with van der Waals surface area (Å²) < 4.78 is 0. The highest BCUT2D eigenvalue weighted by Gasteiger charge is 2.15. The Hall–Kier alpha value is -1.13. The molecule has 0 fully saturated rings. The summed E-state index contributed by atoms with van der Waals surface area (Å²) in [6, 6.07) is 16.8. The minimum absolute atomic E-state index is 0.242. The lowest BCUT2D eigenvalue weighted by atomic mass is 10.1. The quantitative estimate of drug-likeness (QED) is 0.669. The van der Waals surface area contributed by atoms with E-state index >= 15 is 0 Å². The van der Waals surface area contributed by atoms with E-state index < -0.39 is 0 Å². The molecule has 1 aromatic carbocycles. The van der Waals surface area contributed by atoms with E-state index in [2.05, 4.69) is 46.4 Å². The molecular formula is C16H14ClNS2. The van der Waals surface area contributed by atoms with Gasteiger partial charge < -0.3 is 5.32 Å². The number of rotatable bonds is 5. The van der Waals surface area contributed by atoms with Gasteiger partial charge in [-0.25, -0.2) is 0 Å². The average Bonchev–Trinajstić information content (AvgIpc) is 3.14. The molecule has 1 nitrogen and oxygen atoms in total. The third kappa shape index (κ3) is 3.13. The molecule has 0 aliphatic heterocycles. The second-order valence-electron chi connectivity index (χ2n) is 4.44. The van der Waals surface area contributed by atoms with Gasteiger partial charge in [0.1, 0.15) is 0 Å². The third-order valence-corrected chi connectivity index (χ3v) is 5.35. The monoisotopic (exact) mass is 319 g/mol. The Labute approximate surface area is 131 Å². The van der Waals surface area contributed by atoms with Crippen molar-refractivity contribution in [3.8, 4) is 0 Å². The highest BCUT2D eigenvalue weighted by atomic mass is 35.5. The van der Waals surface area contributed by atoms with Crippen molar-refractivity contribution in [3.05, 3.63) is 79.6 Å². The molecule has 20 heavy (non-hydrogen) atoms. The Balaban J connectivity index is 1.80. The predicted molar refractivity (Wildman–Crippen MR) is 88.8 cm³/mol. The predicted octanol–water partition coefficient (Wildman–Crippen LogP) is 5.34. The van der Waals surface area contributed by atoms with Crippen LogP contribution >= 0.6 is 34.3 Å². The molecule has 0 aliphatic rings. The Morgan fingerprint density at radius 3 is 2.10 bits per heavy atom. The molecule has 2 heterocycles. The van der Waals surface area contributed by atoms with E-state index in [0.717, 1.165) is 17.1 Å². The molecule has 3 rings (SSSR count). The van der Waals surface area contributed by atoms with Crippen LogP contribution in [-0.2, 0) is 6.54 Å². The fourth-order valence-corrected chi connectivity index (χ4v) is 4.02. The smallest absolute Gasteiger partial charge is 0.0767 e. The number of thiophene rings is 2. The summed E-state index contributed by atoms with van der Waals surface area (Å²) in [6.45, 7) is 0.764. The van der Waals surface area contributed by atoms with Crippen molar-refractivity contribution >= 4 is 34.3 Å². The lowest BCUT2D eigenvalue weighted by molar-refractivity contribution is 0.621. The normalized spacial score (nSPS) is 11.1. The lowest BCUT2D eigenvalue weighted by Gasteiger charge is -2.16. The molecule has 0 atom stereocenters. The molecule has 0 saturated carbocycles. The molecule has 0 amide bonds. The fourth-order valence-electron chi connectivity index (χ4n) is 2.11. The van der Waals surface area contributed by atoms with Crippen molar-refractivity contribution in [2.24, 2.45) is 0 Å². The van der Waals surface area contributed by atoms with Gasteiger partial charge in [-0.3, -0.25) is 0 Å². The van der Waals surface area contributed by atoms with E-state index in [-0.39, 0.29) is 6.04 Å². The van der Waals surface area contributed by atoms with Gasteiger partial charge in [0.15, 0.2) is 0 Å². The second-order valence-corrected chi connectivity index (χ2v) is 6.80. The SMILES string of the molecule is Clc1ccccc1CNC(c1cccs1)c1cccs1. The van der Waals surface area contributed by atoms with Crippen LogP contribution in [0.4, 0.5) is 0 Å². The average molecular weight is 320 g/mol. The van der Waals surface area contributed by atoms with Crippen LogP contribution in [0.2, 0.25) is 5.02 Å². The Kier molecular flexibility index (Phi) is 4.53. The fraction of sp³-hybridized carbons (Fsp3) is 0.125. The molecule has 102 valence electrons. The maximum absolute atomic E-state index is 6.22. The molecule has 0 bridgehead atoms. The highest BCUT2D eigenvalue weighted by molar-refractivity contribution is 7.11. The van der Waals surface area contributed by atoms with Crippen molar-refractivity contribution in [1.29, 1.82) is 0 Å². The summed E-state index contributed by atoms with van der Waals surface area (Å²) in [6.07, 6.45) is 0. The van der Waals surface area contributed by atoms with Gasteiger partial charge in [-0.1, -0.05) is 41.9 Å². The minimum atomic E-state index is 0.242. The number of hydrogen-bond acceptors (Lipinski definition) is 3. The van der Waals surface area contributed by atoms with E-state index in [1.54, 1.807) is 22.7 Å². The van der Waals surface area contributed by atoms with Crippen molar-refractivity contribution in [2.75, 3.05) is 0 Å². The van der Waals surface area contributed by atoms with Crippen LogP contribution in [0.15, 0.2) is 59.3 Å². The molecule has 0 saturated heterocycles. The van der Waals surface area contributed by atoms with E-state index in [9.17, 15) is 0 Å². The zero-order valence-corrected chi connectivity index (χ0v) is 13.1. The van der Waals surface area contributed by atoms with Crippen LogP contribution in [0.3, 0.4) is 0 Å². The summed E-state index contributed by atoms with van der Waals surface area (Å²) in [5.74, 6) is 0. The molecule has 0 radical (unpaired) electrons. The lowest BCUT2D eigenvalue weighted by Crippen LogP contribution is -2.20. The first-order valence-electron chi connectivity index (χ1n) is 6.38. The summed E-state index contributed by atoms with van der Waals surface area (Å²) in [4.78, 5) is 2.67. The van der Waals surface area contributed by atoms with E-state index in [1.807, 2.05) is 18.2 Å². The number of halogens is 1. The Morgan fingerprint density at radius 1 is 0.900 bits per heavy atom. The van der Waals surface area contributed by atoms with Crippen LogP contribution in [0, 0.1) is 0 Å². The van der Waals surface area contributed by atoms with Gasteiger partial charge in [0.05, 0.1) is 6.04 Å². The Bertz CT molecular complexity index is 613. The minimum Gasteiger partial charge on any atom is -0.301 e. The second kappa shape index (κ2) is 6.55. The Morgan fingerprint density at radius 2 is 1.55 bits per heavy atom. The molecule has 1 N–H and O–H groups in total. The maximum Gasteiger partial charge on any atom is 0.0767 e. The van der Waals surface area contributed by atoms with Crippen molar-refractivity contribution < 1.29 is 0 Å². The summed E-state index contributed by atoms with van der Waals surface area (Å²) in [7, 11) is 0. The highest BCUT2D eigenvalue weighted by Crippen LogP contribution is 2.29. The van der Waals surface area contributed by atoms with Crippen molar-refractivity contribution in [1.82, 2.24) is 5.32 Å². The molecular weight excluding hydrogens is 306 g/mol. The van der Waals surface area contributed by atoms with Gasteiger partial charge in [0.2, 0.25) is 0 Å². The van der Waals surface area contributed by atoms with Crippen LogP contribution in [0.25, 0.3) is 0 Å². The first-order chi connectivity index (χ1) is 9.84. The van der Waals surface area contributed by atoms with E-state index in [0.29, 0.717) is 0 Å². The number of nitrogens with one attached hydrogen (secondary N) is 1. The van der Waals surface area contributed by atoms with Crippen LogP contribution in [0.1, 0.15) is 21.4 Å². The summed E-state index contributed by atoms with van der Waals surface area (Å²) in [5.41, 5.74) is 1.13. The molecule has 0 unspecified atom stereocenters. The standard InChI is InChI=1S/C16H14ClNS2/c17-13-6-2-1-5-12(13)11-18-16(14-7-3-9-19-14)15-8-4-10-20-15/h1-10,16,18H,11H2. The topological polar surface area (TPSA) is 12.0 Å². The van der Waals surface area contributed by atoms with Crippen LogP contribution < -0.4 is 5.32 Å². The zero-order chi connectivity index (χ0) is 13.8. The molecule has 3 aromatic rings. The number of benzene rings is 1. The van der Waals surface area contributed by atoms with Gasteiger partial charge in [-0.15, -0.1) is 22.7 Å². The molecule has 2 aromatic heterocycles. The summed E-state index contributed by atoms with van der Waals surface area (Å²) >= 11 is 9.78. The van der Waals surface area contributed by atoms with Crippen LogP contribution in [-0.4, -0.2) is 0 Å². The van der Waals surface area contributed by atoms with Crippen molar-refractivity contribution in [2.45, 2.75) is 12.6 Å². The molecule has 0 aliphatic carbocycles. The summed E-state index contributed by atoms with van der Waals surface area (Å²) in [5, 5.41) is 8.67. The molecule has 0 spiro atoms. The largest absolute Gasteiger partial charge is 0.301 e. The zero-order valence-electron chi connectivity index (χ0n) is 10.8. The van der Waals surface area contributed by atoms with Gasteiger partial charge >= 0.3 is 0 Å². The van der Waals surface area contributed by atoms with E-state index in [1.165, 1.54) is 9.75 Å². The maximum atomic E-state index is 6.22. The van der Waals surface area contributed by atoms with Gasteiger partial charge in [0.25, 0.3) is 0 Å². The van der Waals surface area contributed by atoms with Gasteiger partial charge in [-0.05, 0) is 34.5 Å². The van der Waals surface area contributed by atoms with E-state index in [4.69, 9.17) is 11.6 Å². The van der Waals surface area contributed by atoms with Gasteiger partial charge in [0, 0.05) is 21.3 Å². The number of hydrogen-bond donors (Lipinski definition) is 1. The first kappa shape index (κ1) is 13.8. The van der Waals surface area contributed by atoms with Crippen LogP contribution in [0.5, 0.6) is 0 Å². The first-order valence-corrected chi connectivity index (χ1v) is 8.52. The van der Waals surface area contributed by atoms with Gasteiger partial charge in [-0.2, -0.15) is 0 Å². The molecule has 4 heteroatoms. The van der Waals surface area contributed by atoms with Crippen molar-refractivity contribution in [3.63, 3.8) is 0 Å². The third-order valence-electron chi connectivity index (χ3n) is 3.11.